The van der Waals surface area contributed by atoms with Crippen molar-refractivity contribution in [1.29, 1.82) is 0 Å². The van der Waals surface area contributed by atoms with Gasteiger partial charge in [0.05, 0.1) is 17.8 Å². The number of hydrogen-bond acceptors (Lipinski definition) is 5. The molecule has 204 valence electrons. The predicted molar refractivity (Wildman–Crippen MR) is 151 cm³/mol. The fraction of sp³-hybridized carbons (Fsp3) is 0.258. The summed E-state index contributed by atoms with van der Waals surface area (Å²) in [5, 5.41) is 5.53. The monoisotopic (exact) mass is 540 g/mol. The molecule has 2 aromatic heterocycles. The van der Waals surface area contributed by atoms with E-state index in [9.17, 15) is 14.0 Å². The molecule has 2 N–H and O–H groups in total. The van der Waals surface area contributed by atoms with Crippen molar-refractivity contribution in [2.45, 2.75) is 34.2 Å². The van der Waals surface area contributed by atoms with Gasteiger partial charge < -0.3 is 19.6 Å². The van der Waals surface area contributed by atoms with Crippen molar-refractivity contribution in [1.82, 2.24) is 9.72 Å². The Morgan fingerprint density at radius 2 is 1.82 bits per heavy atom. The van der Waals surface area contributed by atoms with E-state index in [0.29, 0.717) is 47.8 Å². The zero-order valence-corrected chi connectivity index (χ0v) is 22.7. The maximum atomic E-state index is 13.7. The van der Waals surface area contributed by atoms with E-state index in [4.69, 9.17) is 15.0 Å². The number of anilines is 1. The van der Waals surface area contributed by atoms with Crippen molar-refractivity contribution >= 4 is 39.5 Å². The van der Waals surface area contributed by atoms with E-state index in [0.717, 1.165) is 33.1 Å². The van der Waals surface area contributed by atoms with Crippen molar-refractivity contribution in [3.8, 4) is 11.1 Å². The molecule has 9 heteroatoms. The van der Waals surface area contributed by atoms with Gasteiger partial charge in [-0.3, -0.25) is 9.69 Å². The molecule has 0 saturated carbocycles. The number of halogens is 1. The smallest absolute Gasteiger partial charge is 0.414 e. The first-order chi connectivity index (χ1) is 19.0. The van der Waals surface area contributed by atoms with Crippen LogP contribution in [-0.2, 0) is 11.3 Å². The average Bonchev–Trinajstić information content (AvgIpc) is 3.41. The number of nitrogens with two attached hydrogens (primary N) is 1. The Morgan fingerprint density at radius 3 is 2.50 bits per heavy atom. The Kier molecular flexibility index (Phi) is 5.90. The van der Waals surface area contributed by atoms with Gasteiger partial charge in [0.25, 0.3) is 0 Å². The number of fused-ring (bicyclic) bond motifs is 3. The van der Waals surface area contributed by atoms with Crippen molar-refractivity contribution in [2.24, 2.45) is 11.1 Å². The lowest BCUT2D eigenvalue weighted by Gasteiger charge is -2.37. The number of cyclic esters (lactones) is 1. The van der Waals surface area contributed by atoms with E-state index < -0.39 is 12.0 Å². The average molecular weight is 541 g/mol. The highest BCUT2D eigenvalue weighted by atomic mass is 19.1. The van der Waals surface area contributed by atoms with Crippen LogP contribution in [0.2, 0.25) is 0 Å². The number of amides is 2. The van der Waals surface area contributed by atoms with E-state index >= 15 is 0 Å². The summed E-state index contributed by atoms with van der Waals surface area (Å²) in [6.07, 6.45) is -0.412. The minimum atomic E-state index is -0.580. The van der Waals surface area contributed by atoms with Crippen LogP contribution >= 0.6 is 0 Å². The predicted octanol–water partition coefficient (Wildman–Crippen LogP) is 6.34. The first-order valence-electron chi connectivity index (χ1n) is 13.0. The van der Waals surface area contributed by atoms with Crippen LogP contribution < -0.4 is 10.6 Å². The quantitative estimate of drug-likeness (QED) is 0.280. The second-order valence-corrected chi connectivity index (χ2v) is 11.2. The van der Waals surface area contributed by atoms with Crippen LogP contribution in [0.25, 0.3) is 32.9 Å². The normalized spacial score (nSPS) is 15.1. The molecule has 1 aliphatic rings. The SMILES string of the molecule is Cc1noc(C)c1-c1cc(C(N)=O)c2c3cc(N4CC(C)(C)COC4=O)ccc3n(Cc3ccc(F)cc3)c2c1. The Hall–Kier alpha value is -4.66. The van der Waals surface area contributed by atoms with Crippen LogP contribution in [0, 0.1) is 25.1 Å². The number of benzene rings is 3. The minimum Gasteiger partial charge on any atom is -0.449 e. The van der Waals surface area contributed by atoms with Gasteiger partial charge >= 0.3 is 6.09 Å². The van der Waals surface area contributed by atoms with E-state index in [1.165, 1.54) is 12.1 Å². The number of ether oxygens (including phenoxy) is 1. The maximum absolute atomic E-state index is 13.7. The third-order valence-corrected chi connectivity index (χ3v) is 7.49. The fourth-order valence-corrected chi connectivity index (χ4v) is 5.63. The first kappa shape index (κ1) is 25.6. The Balaban J connectivity index is 1.64. The molecule has 8 nitrogen and oxygen atoms in total. The molecule has 2 amide bonds. The van der Waals surface area contributed by atoms with E-state index in [-0.39, 0.29) is 11.2 Å². The molecule has 40 heavy (non-hydrogen) atoms. The van der Waals surface area contributed by atoms with Gasteiger partial charge in [0, 0.05) is 51.6 Å². The highest BCUT2D eigenvalue weighted by molar-refractivity contribution is 6.19. The lowest BCUT2D eigenvalue weighted by molar-refractivity contribution is 0.0822. The standard InChI is InChI=1S/C31H29FN4O4/c1-17-27(18(2)40-34-17)20-11-24(29(33)37)28-23-13-22(36-15-31(3,4)16-39-30(36)38)9-10-25(23)35(26(28)12-20)14-19-5-7-21(32)8-6-19/h5-13H,14-16H2,1-4H3,(H2,33,37). The number of aryl methyl sites for hydroxylation is 2. The van der Waals surface area contributed by atoms with Crippen LogP contribution in [0.4, 0.5) is 14.9 Å². The summed E-state index contributed by atoms with van der Waals surface area (Å²) in [5.74, 6) is -0.269. The van der Waals surface area contributed by atoms with Crippen molar-refractivity contribution in [2.75, 3.05) is 18.1 Å². The van der Waals surface area contributed by atoms with Gasteiger partial charge in [-0.25, -0.2) is 9.18 Å². The van der Waals surface area contributed by atoms with Crippen molar-refractivity contribution in [3.05, 3.63) is 83.0 Å². The summed E-state index contributed by atoms with van der Waals surface area (Å²) < 4.78 is 26.6. The van der Waals surface area contributed by atoms with Crippen LogP contribution in [0.15, 0.2) is 59.1 Å². The van der Waals surface area contributed by atoms with Crippen molar-refractivity contribution in [3.63, 3.8) is 0 Å². The fourth-order valence-electron chi connectivity index (χ4n) is 5.63. The third kappa shape index (κ3) is 4.27. The highest BCUT2D eigenvalue weighted by Crippen LogP contribution is 2.40. The van der Waals surface area contributed by atoms with Crippen LogP contribution in [0.5, 0.6) is 0 Å². The molecule has 6 rings (SSSR count). The zero-order chi connectivity index (χ0) is 28.3. The number of nitrogens with zero attached hydrogens (tertiary/aromatic N) is 3. The first-order valence-corrected chi connectivity index (χ1v) is 13.0. The number of aromatic nitrogens is 2. The Morgan fingerprint density at radius 1 is 1.07 bits per heavy atom. The molecule has 3 heterocycles. The van der Waals surface area contributed by atoms with Gasteiger partial charge in [0.15, 0.2) is 0 Å². The van der Waals surface area contributed by atoms with E-state index in [1.54, 1.807) is 23.1 Å². The van der Waals surface area contributed by atoms with Crippen LogP contribution in [0.3, 0.4) is 0 Å². The summed E-state index contributed by atoms with van der Waals surface area (Å²) >= 11 is 0. The summed E-state index contributed by atoms with van der Waals surface area (Å²) in [6, 6.07) is 15.8. The number of rotatable bonds is 5. The van der Waals surface area contributed by atoms with Gasteiger partial charge in [-0.05, 0) is 67.4 Å². The molecule has 1 saturated heterocycles. The number of carbonyl (C=O) groups excluding carboxylic acids is 2. The molecular formula is C31H29FN4O4. The third-order valence-electron chi connectivity index (χ3n) is 7.49. The van der Waals surface area contributed by atoms with Crippen LogP contribution in [-0.4, -0.2) is 34.9 Å². The molecule has 0 spiro atoms. The van der Waals surface area contributed by atoms with Gasteiger partial charge in [0.2, 0.25) is 5.91 Å². The van der Waals surface area contributed by atoms with Crippen LogP contribution in [0.1, 0.15) is 41.2 Å². The zero-order valence-electron chi connectivity index (χ0n) is 22.7. The molecule has 3 aromatic carbocycles. The molecule has 5 aromatic rings. The molecular weight excluding hydrogens is 511 g/mol. The lowest BCUT2D eigenvalue weighted by atomic mass is 9.92. The van der Waals surface area contributed by atoms with E-state index in [2.05, 4.69) is 9.72 Å². The second-order valence-electron chi connectivity index (χ2n) is 11.2. The lowest BCUT2D eigenvalue weighted by Crippen LogP contribution is -2.47. The molecule has 1 aliphatic heterocycles. The molecule has 0 bridgehead atoms. The van der Waals surface area contributed by atoms with E-state index in [1.807, 2.05) is 52.0 Å². The Bertz CT molecular complexity index is 1800. The molecule has 0 unspecified atom stereocenters. The van der Waals surface area contributed by atoms with Gasteiger partial charge in [-0.2, -0.15) is 0 Å². The van der Waals surface area contributed by atoms with Crippen molar-refractivity contribution < 1.29 is 23.2 Å². The summed E-state index contributed by atoms with van der Waals surface area (Å²) in [7, 11) is 0. The molecule has 1 fully saturated rings. The molecule has 0 aliphatic carbocycles. The highest BCUT2D eigenvalue weighted by Gasteiger charge is 2.34. The maximum Gasteiger partial charge on any atom is 0.414 e. The number of hydrogen-bond donors (Lipinski definition) is 1. The molecule has 0 atom stereocenters. The largest absolute Gasteiger partial charge is 0.449 e. The summed E-state index contributed by atoms with van der Waals surface area (Å²) in [4.78, 5) is 27.3. The Labute approximate surface area is 230 Å². The van der Waals surface area contributed by atoms with Gasteiger partial charge in [0.1, 0.15) is 11.6 Å². The van der Waals surface area contributed by atoms with Gasteiger partial charge in [-0.15, -0.1) is 0 Å². The number of carbonyl (C=O) groups is 2. The molecule has 0 radical (unpaired) electrons. The summed E-state index contributed by atoms with van der Waals surface area (Å²) in [6.45, 7) is 9.01. The summed E-state index contributed by atoms with van der Waals surface area (Å²) in [5.41, 5.74) is 11.5. The minimum absolute atomic E-state index is 0.221. The topological polar surface area (TPSA) is 104 Å². The van der Waals surface area contributed by atoms with Gasteiger partial charge in [-0.1, -0.05) is 31.1 Å². The number of primary amides is 1. The second kappa shape index (κ2) is 9.22.